The van der Waals surface area contributed by atoms with Crippen LogP contribution in [-0.2, 0) is 14.4 Å². The molecule has 3 aromatic rings. The first-order valence-electron chi connectivity index (χ1n) is 10.9. The van der Waals surface area contributed by atoms with Gasteiger partial charge < -0.3 is 30.5 Å². The number of amides is 3. The van der Waals surface area contributed by atoms with Gasteiger partial charge in [0.15, 0.2) is 5.65 Å². The topological polar surface area (TPSA) is 186 Å². The van der Waals surface area contributed by atoms with E-state index in [0.717, 1.165) is 10.7 Å². The van der Waals surface area contributed by atoms with Gasteiger partial charge in [-0.15, -0.1) is 28.2 Å². The van der Waals surface area contributed by atoms with Gasteiger partial charge in [0.05, 0.1) is 12.0 Å². The van der Waals surface area contributed by atoms with Crippen molar-refractivity contribution in [1.82, 2.24) is 30.1 Å². The molecule has 0 bridgehead atoms. The molecule has 5 rings (SSSR count). The van der Waals surface area contributed by atoms with Gasteiger partial charge in [-0.3, -0.25) is 19.2 Å². The molecule has 13 nitrogen and oxygen atoms in total. The van der Waals surface area contributed by atoms with Crippen molar-refractivity contribution in [2.75, 3.05) is 0 Å². The number of thioether (sulfide) groups is 1. The molecule has 3 aromatic heterocycles. The smallest absolute Gasteiger partial charge is 0.548 e. The van der Waals surface area contributed by atoms with Crippen molar-refractivity contribution in [1.29, 1.82) is 0 Å². The van der Waals surface area contributed by atoms with E-state index in [1.807, 2.05) is 0 Å². The molecule has 2 aliphatic rings. The molecule has 0 spiro atoms. The first kappa shape index (κ1) is 28.0. The van der Waals surface area contributed by atoms with Crippen LogP contribution in [0.15, 0.2) is 40.6 Å². The average Bonchev–Trinajstić information content (AvgIpc) is 3.45. The molecule has 16 heteroatoms. The zero-order valence-corrected chi connectivity index (χ0v) is 23.9. The van der Waals surface area contributed by atoms with Crippen molar-refractivity contribution >= 4 is 52.4 Å². The van der Waals surface area contributed by atoms with Gasteiger partial charge in [-0.05, 0) is 31.4 Å². The number of thiophene rings is 1. The Bertz CT molecular complexity index is 1510. The first-order chi connectivity index (χ1) is 17.5. The van der Waals surface area contributed by atoms with Gasteiger partial charge in [-0.2, -0.15) is 4.52 Å². The Morgan fingerprint density at radius 2 is 1.95 bits per heavy atom. The molecule has 192 valence electrons. The Kier molecular flexibility index (Phi) is 7.60. The number of hydrogen-bond donors (Lipinski definition) is 3. The number of hydrogen-bond acceptors (Lipinski definition) is 11. The van der Waals surface area contributed by atoms with Crippen LogP contribution in [0.5, 0.6) is 5.88 Å². The van der Waals surface area contributed by atoms with E-state index in [-0.39, 0.29) is 35.2 Å². The summed E-state index contributed by atoms with van der Waals surface area (Å²) in [6, 6.07) is 2.46. The van der Waals surface area contributed by atoms with Crippen molar-refractivity contribution in [2.45, 2.75) is 42.1 Å². The SMILES string of the molecule is CC1(C)S[C@@H]2[C@H](NC(=O)C(NC(=O)c3cnc4ccc(O)nn4c3=O)c3cccs3)C(=O)N2[C@H]1C(=O)[O-].[Na+]. The van der Waals surface area contributed by atoms with Crippen molar-refractivity contribution < 1.29 is 58.9 Å². The number of nitrogens with zero attached hydrogens (tertiary/aromatic N) is 4. The van der Waals surface area contributed by atoms with E-state index in [1.165, 1.54) is 40.1 Å². The third-order valence-electron chi connectivity index (χ3n) is 6.12. The minimum atomic E-state index is -1.38. The number of aromatic hydroxyl groups is 1. The quantitative estimate of drug-likeness (QED) is 0.194. The van der Waals surface area contributed by atoms with Crippen LogP contribution in [0.2, 0.25) is 0 Å². The second kappa shape index (κ2) is 10.3. The zero-order valence-electron chi connectivity index (χ0n) is 20.3. The van der Waals surface area contributed by atoms with Gasteiger partial charge in [-0.25, -0.2) is 4.98 Å². The van der Waals surface area contributed by atoms with Gasteiger partial charge in [-0.1, -0.05) is 6.07 Å². The molecule has 0 aromatic carbocycles. The van der Waals surface area contributed by atoms with Gasteiger partial charge in [0.2, 0.25) is 17.7 Å². The predicted molar refractivity (Wildman–Crippen MR) is 128 cm³/mol. The fourth-order valence-corrected chi connectivity index (χ4v) is 6.80. The monoisotopic (exact) mass is 566 g/mol. The Balaban J connectivity index is 0.00000336. The van der Waals surface area contributed by atoms with Crippen LogP contribution in [0.4, 0.5) is 0 Å². The Morgan fingerprint density at radius 3 is 2.61 bits per heavy atom. The van der Waals surface area contributed by atoms with Gasteiger partial charge in [0, 0.05) is 21.9 Å². The molecular weight excluding hydrogens is 547 g/mol. The van der Waals surface area contributed by atoms with Crippen molar-refractivity contribution in [2.24, 2.45) is 0 Å². The third kappa shape index (κ3) is 4.68. The number of fused-ring (bicyclic) bond motifs is 2. The van der Waals surface area contributed by atoms with Crippen LogP contribution in [0.25, 0.3) is 5.65 Å². The van der Waals surface area contributed by atoms with Crippen LogP contribution in [0.1, 0.15) is 35.1 Å². The molecule has 3 amide bonds. The molecule has 4 atom stereocenters. The van der Waals surface area contributed by atoms with Crippen LogP contribution in [0, 0.1) is 0 Å². The second-order valence-electron chi connectivity index (χ2n) is 8.93. The molecule has 2 aliphatic heterocycles. The summed E-state index contributed by atoms with van der Waals surface area (Å²) in [5, 5.41) is 31.1. The molecule has 2 saturated heterocycles. The summed E-state index contributed by atoms with van der Waals surface area (Å²) < 4.78 is -0.0629. The van der Waals surface area contributed by atoms with E-state index in [2.05, 4.69) is 20.7 Å². The molecule has 1 unspecified atom stereocenters. The van der Waals surface area contributed by atoms with Crippen LogP contribution >= 0.6 is 23.1 Å². The largest absolute Gasteiger partial charge is 1.00 e. The molecular formula is C22H19N6NaO7S2. The maximum absolute atomic E-state index is 13.3. The summed E-state index contributed by atoms with van der Waals surface area (Å²) in [5.41, 5.74) is -1.17. The van der Waals surface area contributed by atoms with E-state index < -0.39 is 68.9 Å². The summed E-state index contributed by atoms with van der Waals surface area (Å²) in [7, 11) is 0. The normalized spacial score (nSPS) is 22.1. The summed E-state index contributed by atoms with van der Waals surface area (Å²) in [6.07, 6.45) is 1.04. The summed E-state index contributed by atoms with van der Waals surface area (Å²) in [5.74, 6) is -4.02. The fourth-order valence-electron chi connectivity index (χ4n) is 4.40. The molecule has 0 saturated carbocycles. The van der Waals surface area contributed by atoms with E-state index in [0.29, 0.717) is 4.88 Å². The standard InChI is InChI=1S/C22H20N6O7S2.Na/c1-22(2)15(21(34)35)27-19(33)14(20(27)37-22)25-17(31)13(10-4-3-7-36-10)24-16(30)9-8-23-11-5-6-12(29)26-28(11)18(9)32;/h3-8,13-15,20H,1-2H3,(H,24,30)(H,25,31)(H,26,29)(H,34,35);/q;+1/p-1/t13?,14-,15+,20-;/m1./s1. The van der Waals surface area contributed by atoms with Gasteiger partial charge in [0.25, 0.3) is 11.5 Å². The molecule has 2 fully saturated rings. The van der Waals surface area contributed by atoms with Crippen LogP contribution in [-0.4, -0.2) is 70.5 Å². The number of carboxylic acid groups (broad SMARTS) is 1. The number of rotatable bonds is 6. The van der Waals surface area contributed by atoms with Crippen molar-refractivity contribution in [3.8, 4) is 5.88 Å². The maximum atomic E-state index is 13.3. The molecule has 3 N–H and O–H groups in total. The summed E-state index contributed by atoms with van der Waals surface area (Å²) >= 11 is 2.41. The van der Waals surface area contributed by atoms with E-state index >= 15 is 0 Å². The summed E-state index contributed by atoms with van der Waals surface area (Å²) in [6.45, 7) is 3.37. The van der Waals surface area contributed by atoms with E-state index in [9.17, 15) is 34.2 Å². The van der Waals surface area contributed by atoms with Crippen LogP contribution in [0.3, 0.4) is 0 Å². The minimum Gasteiger partial charge on any atom is -0.548 e. The van der Waals surface area contributed by atoms with E-state index in [4.69, 9.17) is 0 Å². The maximum Gasteiger partial charge on any atom is 1.00 e. The Morgan fingerprint density at radius 1 is 1.21 bits per heavy atom. The molecule has 0 radical (unpaired) electrons. The van der Waals surface area contributed by atoms with Crippen molar-refractivity contribution in [3.63, 3.8) is 0 Å². The number of aliphatic carboxylic acids is 1. The predicted octanol–water partition coefficient (Wildman–Crippen LogP) is -4.37. The van der Waals surface area contributed by atoms with Gasteiger partial charge in [0.1, 0.15) is 23.0 Å². The second-order valence-corrected chi connectivity index (χ2v) is 11.7. The zero-order chi connectivity index (χ0) is 26.6. The van der Waals surface area contributed by atoms with Crippen molar-refractivity contribution in [3.05, 3.63) is 56.6 Å². The average molecular weight is 567 g/mol. The number of aromatic nitrogens is 3. The van der Waals surface area contributed by atoms with Crippen LogP contribution < -0.4 is 50.9 Å². The molecule has 38 heavy (non-hydrogen) atoms. The first-order valence-corrected chi connectivity index (χ1v) is 12.7. The molecule has 5 heterocycles. The number of carbonyl (C=O) groups is 4. The Labute approximate surface area is 244 Å². The third-order valence-corrected chi connectivity index (χ3v) is 8.63. The number of carboxylic acids is 1. The number of nitrogens with one attached hydrogen (secondary N) is 2. The molecule has 0 aliphatic carbocycles. The van der Waals surface area contributed by atoms with Gasteiger partial charge >= 0.3 is 29.6 Å². The fraction of sp³-hybridized carbons (Fsp3) is 0.318. The summed E-state index contributed by atoms with van der Waals surface area (Å²) in [4.78, 5) is 69.1. The minimum absolute atomic E-state index is 0. The number of carbonyl (C=O) groups excluding carboxylic acids is 4. The van der Waals surface area contributed by atoms with E-state index in [1.54, 1.807) is 31.4 Å². The Hall–Kier alpha value is -2.98. The number of β-lactam (4-membered cyclic amide) rings is 1.